The molecule has 2 fully saturated rings. The van der Waals surface area contributed by atoms with Gasteiger partial charge in [-0.3, -0.25) is 0 Å². The Kier molecular flexibility index (Phi) is 4.83. The van der Waals surface area contributed by atoms with E-state index in [2.05, 4.69) is 36.3 Å². The fraction of sp³-hybridized carbons (Fsp3) is 1.00. The van der Waals surface area contributed by atoms with Crippen molar-refractivity contribution in [2.24, 2.45) is 5.92 Å². The molecule has 0 amide bonds. The molecule has 3 heteroatoms. The SMILES string of the molecule is CNC(CCC1CC1)C1CN(C)CCCN1C. The van der Waals surface area contributed by atoms with Crippen molar-refractivity contribution in [1.82, 2.24) is 15.1 Å². The summed E-state index contributed by atoms with van der Waals surface area (Å²) in [6.07, 6.45) is 7.06. The minimum atomic E-state index is 0.668. The van der Waals surface area contributed by atoms with Gasteiger partial charge in [-0.2, -0.15) is 0 Å². The molecule has 2 unspecified atom stereocenters. The highest BCUT2D eigenvalue weighted by molar-refractivity contribution is 4.88. The molecule has 1 aliphatic heterocycles. The molecule has 0 radical (unpaired) electrons. The molecule has 0 spiro atoms. The second kappa shape index (κ2) is 6.17. The van der Waals surface area contributed by atoms with Crippen LogP contribution < -0.4 is 5.32 Å². The highest BCUT2D eigenvalue weighted by Gasteiger charge is 2.29. The number of hydrogen-bond acceptors (Lipinski definition) is 3. The van der Waals surface area contributed by atoms with Crippen molar-refractivity contribution >= 4 is 0 Å². The lowest BCUT2D eigenvalue weighted by atomic mass is 10.00. The number of nitrogens with one attached hydrogen (secondary N) is 1. The summed E-state index contributed by atoms with van der Waals surface area (Å²) in [6.45, 7) is 3.71. The summed E-state index contributed by atoms with van der Waals surface area (Å²) in [5, 5.41) is 3.57. The molecule has 0 aromatic rings. The van der Waals surface area contributed by atoms with E-state index in [1.165, 1.54) is 51.7 Å². The lowest BCUT2D eigenvalue weighted by molar-refractivity contribution is 0.174. The van der Waals surface area contributed by atoms with Crippen molar-refractivity contribution in [3.05, 3.63) is 0 Å². The fourth-order valence-electron chi connectivity index (χ4n) is 3.09. The van der Waals surface area contributed by atoms with Crippen LogP contribution in [0.25, 0.3) is 0 Å². The Balaban J connectivity index is 1.88. The molecule has 3 nitrogen and oxygen atoms in total. The summed E-state index contributed by atoms with van der Waals surface area (Å²) in [5.74, 6) is 1.06. The first-order valence-electron chi connectivity index (χ1n) is 7.26. The molecule has 2 rings (SSSR count). The normalized spacial score (nSPS) is 30.2. The molecule has 2 atom stereocenters. The van der Waals surface area contributed by atoms with Crippen LogP contribution in [-0.4, -0.2) is 62.7 Å². The minimum Gasteiger partial charge on any atom is -0.315 e. The van der Waals surface area contributed by atoms with E-state index in [9.17, 15) is 0 Å². The topological polar surface area (TPSA) is 18.5 Å². The van der Waals surface area contributed by atoms with Gasteiger partial charge in [0.1, 0.15) is 0 Å². The third kappa shape index (κ3) is 3.94. The van der Waals surface area contributed by atoms with Gasteiger partial charge in [-0.25, -0.2) is 0 Å². The molecular weight excluding hydrogens is 210 g/mol. The summed E-state index contributed by atoms with van der Waals surface area (Å²) >= 11 is 0. The zero-order valence-corrected chi connectivity index (χ0v) is 11.8. The summed E-state index contributed by atoms with van der Waals surface area (Å²) < 4.78 is 0. The van der Waals surface area contributed by atoms with Crippen molar-refractivity contribution in [2.75, 3.05) is 40.8 Å². The van der Waals surface area contributed by atoms with E-state index in [4.69, 9.17) is 0 Å². The molecule has 1 heterocycles. The Labute approximate surface area is 107 Å². The first-order valence-corrected chi connectivity index (χ1v) is 7.26. The number of nitrogens with zero attached hydrogens (tertiary/aromatic N) is 2. The highest BCUT2D eigenvalue weighted by atomic mass is 15.2. The van der Waals surface area contributed by atoms with Gasteiger partial charge in [0.25, 0.3) is 0 Å². The fourth-order valence-corrected chi connectivity index (χ4v) is 3.09. The van der Waals surface area contributed by atoms with E-state index in [0.29, 0.717) is 12.1 Å². The van der Waals surface area contributed by atoms with E-state index in [1.54, 1.807) is 0 Å². The van der Waals surface area contributed by atoms with Crippen LogP contribution >= 0.6 is 0 Å². The lowest BCUT2D eigenvalue weighted by Crippen LogP contribution is -2.51. The summed E-state index contributed by atoms with van der Waals surface area (Å²) in [7, 11) is 6.70. The standard InChI is InChI=1S/C14H29N3/c1-15-13(8-7-12-5-6-12)14-11-16(2)9-4-10-17(14)3/h12-15H,4-11H2,1-3H3. The number of hydrogen-bond donors (Lipinski definition) is 1. The molecule has 1 saturated carbocycles. The zero-order valence-electron chi connectivity index (χ0n) is 11.8. The van der Waals surface area contributed by atoms with Crippen LogP contribution in [-0.2, 0) is 0 Å². The Hall–Kier alpha value is -0.120. The van der Waals surface area contributed by atoms with Crippen molar-refractivity contribution in [3.8, 4) is 0 Å². The smallest absolute Gasteiger partial charge is 0.0373 e. The van der Waals surface area contributed by atoms with Gasteiger partial charge in [-0.1, -0.05) is 12.8 Å². The predicted octanol–water partition coefficient (Wildman–Crippen LogP) is 1.40. The van der Waals surface area contributed by atoms with E-state index in [-0.39, 0.29) is 0 Å². The third-order valence-electron chi connectivity index (χ3n) is 4.53. The second-order valence-corrected chi connectivity index (χ2v) is 6.08. The molecule has 2 aliphatic rings. The van der Waals surface area contributed by atoms with Crippen LogP contribution in [0.5, 0.6) is 0 Å². The maximum Gasteiger partial charge on any atom is 0.0373 e. The zero-order chi connectivity index (χ0) is 12.3. The van der Waals surface area contributed by atoms with Gasteiger partial charge < -0.3 is 15.1 Å². The van der Waals surface area contributed by atoms with Gasteiger partial charge in [0.15, 0.2) is 0 Å². The molecule has 1 aliphatic carbocycles. The number of rotatable bonds is 5. The van der Waals surface area contributed by atoms with E-state index < -0.39 is 0 Å². The average Bonchev–Trinajstić information content (AvgIpc) is 3.11. The Morgan fingerprint density at radius 2 is 2.00 bits per heavy atom. The quantitative estimate of drug-likeness (QED) is 0.782. The molecule has 0 aromatic heterocycles. The van der Waals surface area contributed by atoms with Crippen LogP contribution in [0.4, 0.5) is 0 Å². The maximum atomic E-state index is 3.57. The predicted molar refractivity (Wildman–Crippen MR) is 73.3 cm³/mol. The third-order valence-corrected chi connectivity index (χ3v) is 4.53. The molecule has 0 aromatic carbocycles. The van der Waals surface area contributed by atoms with Crippen LogP contribution in [0.1, 0.15) is 32.1 Å². The summed E-state index contributed by atoms with van der Waals surface area (Å²) in [6, 6.07) is 1.35. The highest BCUT2D eigenvalue weighted by Crippen LogP contribution is 2.34. The van der Waals surface area contributed by atoms with Crippen molar-refractivity contribution < 1.29 is 0 Å². The minimum absolute atomic E-state index is 0.668. The van der Waals surface area contributed by atoms with Crippen LogP contribution in [0, 0.1) is 5.92 Å². The van der Waals surface area contributed by atoms with E-state index in [1.807, 2.05) is 0 Å². The monoisotopic (exact) mass is 239 g/mol. The molecule has 1 saturated heterocycles. The van der Waals surface area contributed by atoms with E-state index >= 15 is 0 Å². The first kappa shape index (κ1) is 13.3. The molecule has 1 N–H and O–H groups in total. The van der Waals surface area contributed by atoms with Crippen LogP contribution in [0.2, 0.25) is 0 Å². The average molecular weight is 239 g/mol. The molecule has 17 heavy (non-hydrogen) atoms. The van der Waals surface area contributed by atoms with Crippen molar-refractivity contribution in [1.29, 1.82) is 0 Å². The number of likely N-dealkylation sites (N-methyl/N-ethyl adjacent to an activating group) is 3. The summed E-state index contributed by atoms with van der Waals surface area (Å²) in [5.41, 5.74) is 0. The van der Waals surface area contributed by atoms with Gasteiger partial charge in [0, 0.05) is 18.6 Å². The van der Waals surface area contributed by atoms with Crippen LogP contribution in [0.3, 0.4) is 0 Å². The molecule has 100 valence electrons. The van der Waals surface area contributed by atoms with Crippen molar-refractivity contribution in [3.63, 3.8) is 0 Å². The van der Waals surface area contributed by atoms with Crippen LogP contribution in [0.15, 0.2) is 0 Å². The lowest BCUT2D eigenvalue weighted by Gasteiger charge is -2.34. The summed E-state index contributed by atoms with van der Waals surface area (Å²) in [4.78, 5) is 5.06. The van der Waals surface area contributed by atoms with Gasteiger partial charge in [0.2, 0.25) is 0 Å². The largest absolute Gasteiger partial charge is 0.315 e. The van der Waals surface area contributed by atoms with Gasteiger partial charge in [-0.15, -0.1) is 0 Å². The molecular formula is C14H29N3. The first-order chi connectivity index (χ1) is 8.20. The molecule has 0 bridgehead atoms. The van der Waals surface area contributed by atoms with E-state index in [0.717, 1.165) is 5.92 Å². The maximum absolute atomic E-state index is 3.57. The second-order valence-electron chi connectivity index (χ2n) is 6.08. The Morgan fingerprint density at radius 1 is 1.24 bits per heavy atom. The Bertz CT molecular complexity index is 228. The van der Waals surface area contributed by atoms with Gasteiger partial charge in [0.05, 0.1) is 0 Å². The van der Waals surface area contributed by atoms with Gasteiger partial charge in [-0.05, 0) is 59.4 Å². The Morgan fingerprint density at radius 3 is 2.65 bits per heavy atom. The van der Waals surface area contributed by atoms with Crippen molar-refractivity contribution in [2.45, 2.75) is 44.2 Å². The van der Waals surface area contributed by atoms with Gasteiger partial charge >= 0.3 is 0 Å².